The molecule has 0 radical (unpaired) electrons. The number of ketones is 2. The van der Waals surface area contributed by atoms with Crippen molar-refractivity contribution in [3.8, 4) is 6.07 Å². The zero-order valence-electron chi connectivity index (χ0n) is 14.8. The fourth-order valence-corrected chi connectivity index (χ4v) is 2.75. The molecule has 3 rings (SSSR count). The SMILES string of the molecule is Cn1cc(C(=O)c2c(F)cccc2F)cc1C=C(C#N)C(=O)c1ccccc1. The number of Topliss-reactive ketones (excluding diaryl/α,β-unsaturated/α-hetero) is 1. The maximum absolute atomic E-state index is 13.9. The van der Waals surface area contributed by atoms with Gasteiger partial charge in [-0.3, -0.25) is 9.59 Å². The third-order valence-electron chi connectivity index (χ3n) is 4.19. The molecule has 4 nitrogen and oxygen atoms in total. The Morgan fingerprint density at radius 2 is 1.64 bits per heavy atom. The average molecular weight is 376 g/mol. The summed E-state index contributed by atoms with van der Waals surface area (Å²) in [5.41, 5.74) is 0.00494. The van der Waals surface area contributed by atoms with E-state index in [-0.39, 0.29) is 11.1 Å². The average Bonchev–Trinajstić information content (AvgIpc) is 3.06. The van der Waals surface area contributed by atoms with Crippen molar-refractivity contribution in [1.29, 1.82) is 5.26 Å². The lowest BCUT2D eigenvalue weighted by Gasteiger charge is -2.01. The molecular formula is C22H14F2N2O2. The molecule has 0 amide bonds. The second kappa shape index (κ2) is 7.80. The lowest BCUT2D eigenvalue weighted by Crippen LogP contribution is -2.06. The van der Waals surface area contributed by atoms with E-state index < -0.39 is 28.8 Å². The van der Waals surface area contributed by atoms with Crippen molar-refractivity contribution in [2.24, 2.45) is 7.05 Å². The van der Waals surface area contributed by atoms with Crippen LogP contribution in [0.5, 0.6) is 0 Å². The standard InChI is InChI=1S/C22H14F2N2O2/c1-26-13-16(22(28)20-18(23)8-5-9-19(20)24)11-17(26)10-15(12-25)21(27)14-6-3-2-4-7-14/h2-11,13H,1H3. The molecule has 0 unspecified atom stereocenters. The van der Waals surface area contributed by atoms with Gasteiger partial charge in [-0.1, -0.05) is 36.4 Å². The second-order valence-corrected chi connectivity index (χ2v) is 6.06. The van der Waals surface area contributed by atoms with E-state index in [1.165, 1.54) is 29.0 Å². The van der Waals surface area contributed by atoms with Gasteiger partial charge in [-0.15, -0.1) is 0 Å². The van der Waals surface area contributed by atoms with Gasteiger partial charge >= 0.3 is 0 Å². The minimum Gasteiger partial charge on any atom is -0.350 e. The Morgan fingerprint density at radius 1 is 1.00 bits per heavy atom. The first-order valence-corrected chi connectivity index (χ1v) is 8.29. The van der Waals surface area contributed by atoms with Crippen molar-refractivity contribution in [2.75, 3.05) is 0 Å². The molecular weight excluding hydrogens is 362 g/mol. The van der Waals surface area contributed by atoms with Crippen LogP contribution in [-0.2, 0) is 7.05 Å². The van der Waals surface area contributed by atoms with Crippen LogP contribution in [0.3, 0.4) is 0 Å². The molecule has 6 heteroatoms. The molecule has 0 N–H and O–H groups in total. The monoisotopic (exact) mass is 376 g/mol. The van der Waals surface area contributed by atoms with Gasteiger partial charge in [0.25, 0.3) is 0 Å². The van der Waals surface area contributed by atoms with E-state index in [0.717, 1.165) is 12.1 Å². The molecule has 138 valence electrons. The molecule has 1 heterocycles. The molecule has 0 spiro atoms. The van der Waals surface area contributed by atoms with Crippen LogP contribution in [0, 0.1) is 23.0 Å². The number of allylic oxidation sites excluding steroid dienone is 1. The Bertz CT molecular complexity index is 1120. The molecule has 3 aromatic rings. The van der Waals surface area contributed by atoms with Gasteiger partial charge in [-0.25, -0.2) is 8.78 Å². The van der Waals surface area contributed by atoms with Crippen LogP contribution < -0.4 is 0 Å². The van der Waals surface area contributed by atoms with Gasteiger partial charge < -0.3 is 4.57 Å². The highest BCUT2D eigenvalue weighted by Crippen LogP contribution is 2.20. The first-order valence-electron chi connectivity index (χ1n) is 8.29. The van der Waals surface area contributed by atoms with E-state index in [0.29, 0.717) is 11.3 Å². The minimum atomic E-state index is -0.956. The summed E-state index contributed by atoms with van der Waals surface area (Å²) >= 11 is 0. The molecule has 0 bridgehead atoms. The molecule has 0 saturated heterocycles. The quantitative estimate of drug-likeness (QED) is 0.378. The molecule has 0 aliphatic heterocycles. The van der Waals surface area contributed by atoms with Crippen LogP contribution in [0.4, 0.5) is 8.78 Å². The van der Waals surface area contributed by atoms with Gasteiger partial charge in [0.2, 0.25) is 5.78 Å². The van der Waals surface area contributed by atoms with Crippen LogP contribution in [0.25, 0.3) is 6.08 Å². The number of benzene rings is 2. The second-order valence-electron chi connectivity index (χ2n) is 6.06. The largest absolute Gasteiger partial charge is 0.350 e. The Balaban J connectivity index is 1.98. The molecule has 1 aromatic heterocycles. The summed E-state index contributed by atoms with van der Waals surface area (Å²) in [6, 6.07) is 14.7. The highest BCUT2D eigenvalue weighted by Gasteiger charge is 2.21. The lowest BCUT2D eigenvalue weighted by molar-refractivity contribution is 0.102. The summed E-state index contributed by atoms with van der Waals surface area (Å²) in [5.74, 6) is -3.19. The highest BCUT2D eigenvalue weighted by molar-refractivity contribution is 6.14. The zero-order valence-corrected chi connectivity index (χ0v) is 14.8. The van der Waals surface area contributed by atoms with Gasteiger partial charge in [0, 0.05) is 30.1 Å². The Morgan fingerprint density at radius 3 is 2.25 bits per heavy atom. The normalized spacial score (nSPS) is 11.1. The summed E-state index contributed by atoms with van der Waals surface area (Å²) in [7, 11) is 1.60. The number of nitrogens with zero attached hydrogens (tertiary/aromatic N) is 2. The summed E-state index contributed by atoms with van der Waals surface area (Å²) < 4.78 is 29.3. The fourth-order valence-electron chi connectivity index (χ4n) is 2.75. The third-order valence-corrected chi connectivity index (χ3v) is 4.19. The smallest absolute Gasteiger partial charge is 0.203 e. The molecule has 28 heavy (non-hydrogen) atoms. The van der Waals surface area contributed by atoms with Crippen molar-refractivity contribution >= 4 is 17.6 Å². The van der Waals surface area contributed by atoms with Gasteiger partial charge in [-0.2, -0.15) is 5.26 Å². The van der Waals surface area contributed by atoms with E-state index in [4.69, 9.17) is 0 Å². The van der Waals surface area contributed by atoms with Gasteiger partial charge in [0.15, 0.2) is 5.78 Å². The van der Waals surface area contributed by atoms with Crippen LogP contribution in [-0.4, -0.2) is 16.1 Å². The predicted octanol–water partition coefficient (Wildman–Crippen LogP) is 4.32. The number of carbonyl (C=O) groups excluding carboxylic acids is 2. The van der Waals surface area contributed by atoms with Crippen molar-refractivity contribution in [1.82, 2.24) is 4.57 Å². The number of hydrogen-bond acceptors (Lipinski definition) is 3. The molecule has 0 atom stereocenters. The van der Waals surface area contributed by atoms with Crippen molar-refractivity contribution < 1.29 is 18.4 Å². The number of aromatic nitrogens is 1. The zero-order chi connectivity index (χ0) is 20.3. The first kappa shape index (κ1) is 18.9. The Kier molecular flexibility index (Phi) is 5.28. The molecule has 0 fully saturated rings. The molecule has 2 aromatic carbocycles. The number of aryl methyl sites for hydroxylation is 1. The predicted molar refractivity (Wildman–Crippen MR) is 99.6 cm³/mol. The maximum atomic E-state index is 13.9. The van der Waals surface area contributed by atoms with E-state index >= 15 is 0 Å². The third kappa shape index (κ3) is 3.64. The van der Waals surface area contributed by atoms with Crippen molar-refractivity contribution in [3.63, 3.8) is 0 Å². The number of nitriles is 1. The Hall–Kier alpha value is -3.85. The van der Waals surface area contributed by atoms with Crippen LogP contribution >= 0.6 is 0 Å². The Labute approximate surface area is 160 Å². The summed E-state index contributed by atoms with van der Waals surface area (Å²) in [4.78, 5) is 25.0. The lowest BCUT2D eigenvalue weighted by atomic mass is 10.0. The van der Waals surface area contributed by atoms with E-state index in [1.807, 2.05) is 6.07 Å². The number of carbonyl (C=O) groups is 2. The maximum Gasteiger partial charge on any atom is 0.203 e. The van der Waals surface area contributed by atoms with Gasteiger partial charge in [0.05, 0.1) is 5.56 Å². The van der Waals surface area contributed by atoms with Crippen molar-refractivity contribution in [2.45, 2.75) is 0 Å². The van der Waals surface area contributed by atoms with Gasteiger partial charge in [-0.05, 0) is 24.3 Å². The van der Waals surface area contributed by atoms with Crippen LogP contribution in [0.15, 0.2) is 66.4 Å². The topological polar surface area (TPSA) is 62.9 Å². The molecule has 0 aliphatic carbocycles. The highest BCUT2D eigenvalue weighted by atomic mass is 19.1. The summed E-state index contributed by atoms with van der Waals surface area (Å²) in [6.45, 7) is 0. The molecule has 0 aliphatic rings. The number of hydrogen-bond donors (Lipinski definition) is 0. The van der Waals surface area contributed by atoms with E-state index in [1.54, 1.807) is 37.4 Å². The fraction of sp³-hybridized carbons (Fsp3) is 0.0455. The van der Waals surface area contributed by atoms with E-state index in [2.05, 4.69) is 0 Å². The summed E-state index contributed by atoms with van der Waals surface area (Å²) in [5, 5.41) is 9.36. The summed E-state index contributed by atoms with van der Waals surface area (Å²) in [6.07, 6.45) is 2.73. The van der Waals surface area contributed by atoms with E-state index in [9.17, 15) is 23.6 Å². The van der Waals surface area contributed by atoms with Crippen molar-refractivity contribution in [3.05, 3.63) is 100 Å². The first-order chi connectivity index (χ1) is 13.4. The van der Waals surface area contributed by atoms with Crippen LogP contribution in [0.2, 0.25) is 0 Å². The molecule has 0 saturated carbocycles. The number of rotatable bonds is 5. The van der Waals surface area contributed by atoms with Crippen LogP contribution in [0.1, 0.15) is 32.0 Å². The van der Waals surface area contributed by atoms with Gasteiger partial charge in [0.1, 0.15) is 23.3 Å². The minimum absolute atomic E-state index is 0.0437. The number of halogens is 2.